The monoisotopic (exact) mass is 270 g/mol. The molecule has 96 valence electrons. The predicted molar refractivity (Wildman–Crippen MR) is 77.7 cm³/mol. The molecule has 1 aromatic carbocycles. The normalized spacial score (nSPS) is 10.8. The molecule has 0 amide bonds. The Kier molecular flexibility index (Phi) is 3.42. The van der Waals surface area contributed by atoms with Crippen molar-refractivity contribution in [3.63, 3.8) is 0 Å². The third-order valence-corrected chi connectivity index (χ3v) is 4.00. The first-order chi connectivity index (χ1) is 9.35. The Hall–Kier alpha value is -1.94. The molecule has 0 atom stereocenters. The van der Waals surface area contributed by atoms with Crippen molar-refractivity contribution in [1.82, 2.24) is 9.38 Å². The zero-order chi connectivity index (χ0) is 13.1. The van der Waals surface area contributed by atoms with Gasteiger partial charge in [-0.1, -0.05) is 12.1 Å². The number of aromatic nitrogens is 2. The Morgan fingerprint density at radius 2 is 2.00 bits per heavy atom. The predicted octanol–water partition coefficient (Wildman–Crippen LogP) is 3.64. The smallest absolute Gasteiger partial charge is 0.137 e. The van der Waals surface area contributed by atoms with E-state index in [2.05, 4.69) is 29.2 Å². The number of rotatable bonds is 4. The molecular weight excluding hydrogens is 256 g/mol. The van der Waals surface area contributed by atoms with Gasteiger partial charge in [-0.2, -0.15) is 0 Å². The number of methoxy groups -OCH3 is 1. The first-order valence-electron chi connectivity index (χ1n) is 6.03. The summed E-state index contributed by atoms with van der Waals surface area (Å²) in [4.78, 5) is 5.52. The number of hydrogen-bond acceptors (Lipinski definition) is 3. The van der Waals surface area contributed by atoms with Gasteiger partial charge in [-0.05, 0) is 29.8 Å². The summed E-state index contributed by atoms with van der Waals surface area (Å²) in [5.41, 5.74) is 2.27. The van der Waals surface area contributed by atoms with Gasteiger partial charge in [0.05, 0.1) is 7.11 Å². The summed E-state index contributed by atoms with van der Waals surface area (Å²) in [6.07, 6.45) is 5.80. The molecule has 0 aliphatic carbocycles. The molecule has 2 aromatic heterocycles. The van der Waals surface area contributed by atoms with Crippen molar-refractivity contribution in [2.45, 2.75) is 10.6 Å². The van der Waals surface area contributed by atoms with E-state index in [9.17, 15) is 0 Å². The Bertz CT molecular complexity index is 676. The summed E-state index contributed by atoms with van der Waals surface area (Å²) in [6, 6.07) is 12.4. The third kappa shape index (κ3) is 2.74. The van der Waals surface area contributed by atoms with E-state index in [1.54, 1.807) is 7.11 Å². The lowest BCUT2D eigenvalue weighted by Gasteiger charge is -2.04. The first kappa shape index (κ1) is 12.1. The van der Waals surface area contributed by atoms with E-state index in [1.807, 2.05) is 46.9 Å². The molecule has 0 aliphatic rings. The standard InChI is InChI=1S/C15H14N2OS/c1-18-13-4-2-12(3-5-13)11-19-14-6-8-17-9-7-16-15(17)10-14/h2-10H,11H2,1H3. The minimum absolute atomic E-state index is 0.896. The Labute approximate surface area is 116 Å². The van der Waals surface area contributed by atoms with Gasteiger partial charge in [0.25, 0.3) is 0 Å². The van der Waals surface area contributed by atoms with Crippen LogP contribution in [-0.2, 0) is 5.75 Å². The zero-order valence-electron chi connectivity index (χ0n) is 10.6. The van der Waals surface area contributed by atoms with Crippen LogP contribution < -0.4 is 4.74 Å². The number of nitrogens with zero attached hydrogens (tertiary/aromatic N) is 2. The molecule has 3 rings (SSSR count). The molecule has 0 aliphatic heterocycles. The maximum atomic E-state index is 5.15. The van der Waals surface area contributed by atoms with Gasteiger partial charge in [-0.15, -0.1) is 11.8 Å². The van der Waals surface area contributed by atoms with Crippen LogP contribution in [0, 0.1) is 0 Å². The van der Waals surface area contributed by atoms with Gasteiger partial charge in [-0.25, -0.2) is 4.98 Å². The summed E-state index contributed by atoms with van der Waals surface area (Å²) >= 11 is 1.81. The topological polar surface area (TPSA) is 26.5 Å². The lowest BCUT2D eigenvalue weighted by atomic mass is 10.2. The lowest BCUT2D eigenvalue weighted by molar-refractivity contribution is 0.414. The van der Waals surface area contributed by atoms with Crippen molar-refractivity contribution in [2.24, 2.45) is 0 Å². The molecule has 3 nitrogen and oxygen atoms in total. The van der Waals surface area contributed by atoms with Crippen LogP contribution in [0.4, 0.5) is 0 Å². The second kappa shape index (κ2) is 5.36. The first-order valence-corrected chi connectivity index (χ1v) is 7.02. The van der Waals surface area contributed by atoms with Crippen LogP contribution >= 0.6 is 11.8 Å². The fourth-order valence-electron chi connectivity index (χ4n) is 1.87. The van der Waals surface area contributed by atoms with Crippen LogP contribution in [0.5, 0.6) is 5.75 Å². The molecule has 3 aromatic rings. The quantitative estimate of drug-likeness (QED) is 0.677. The third-order valence-electron chi connectivity index (χ3n) is 2.93. The van der Waals surface area contributed by atoms with Gasteiger partial charge in [0.2, 0.25) is 0 Å². The highest BCUT2D eigenvalue weighted by Crippen LogP contribution is 2.24. The Morgan fingerprint density at radius 3 is 2.79 bits per heavy atom. The van der Waals surface area contributed by atoms with E-state index in [4.69, 9.17) is 4.74 Å². The van der Waals surface area contributed by atoms with E-state index >= 15 is 0 Å². The highest BCUT2D eigenvalue weighted by molar-refractivity contribution is 7.98. The van der Waals surface area contributed by atoms with Crippen LogP contribution in [0.2, 0.25) is 0 Å². The second-order valence-corrected chi connectivity index (χ2v) is 5.24. The summed E-state index contributed by atoms with van der Waals surface area (Å²) < 4.78 is 7.16. The molecule has 0 unspecified atom stereocenters. The van der Waals surface area contributed by atoms with Gasteiger partial charge in [0, 0.05) is 29.2 Å². The average molecular weight is 270 g/mol. The number of imidazole rings is 1. The largest absolute Gasteiger partial charge is 0.497 e. The highest BCUT2D eigenvalue weighted by atomic mass is 32.2. The molecule has 0 bridgehead atoms. The fraction of sp³-hybridized carbons (Fsp3) is 0.133. The van der Waals surface area contributed by atoms with Gasteiger partial charge in [0.15, 0.2) is 0 Å². The van der Waals surface area contributed by atoms with E-state index in [1.165, 1.54) is 10.5 Å². The van der Waals surface area contributed by atoms with Gasteiger partial charge in [0.1, 0.15) is 11.4 Å². The number of hydrogen-bond donors (Lipinski definition) is 0. The molecule has 4 heteroatoms. The highest BCUT2D eigenvalue weighted by Gasteiger charge is 2.00. The Morgan fingerprint density at radius 1 is 1.16 bits per heavy atom. The van der Waals surface area contributed by atoms with Gasteiger partial charge < -0.3 is 9.14 Å². The lowest BCUT2D eigenvalue weighted by Crippen LogP contribution is -1.86. The number of fused-ring (bicyclic) bond motifs is 1. The van der Waals surface area contributed by atoms with Crippen LogP contribution in [-0.4, -0.2) is 16.5 Å². The van der Waals surface area contributed by atoms with Crippen LogP contribution in [0.25, 0.3) is 5.65 Å². The molecule has 0 N–H and O–H groups in total. The molecule has 0 saturated heterocycles. The van der Waals surface area contributed by atoms with Crippen molar-refractivity contribution >= 4 is 17.4 Å². The van der Waals surface area contributed by atoms with Gasteiger partial charge in [-0.3, -0.25) is 0 Å². The molecular formula is C15H14N2OS. The number of ether oxygens (including phenoxy) is 1. The van der Waals surface area contributed by atoms with Crippen molar-refractivity contribution in [2.75, 3.05) is 7.11 Å². The summed E-state index contributed by atoms with van der Waals surface area (Å²) in [5.74, 6) is 1.84. The maximum absolute atomic E-state index is 5.15. The molecule has 19 heavy (non-hydrogen) atoms. The molecule has 0 spiro atoms. The average Bonchev–Trinajstić information content (AvgIpc) is 2.93. The van der Waals surface area contributed by atoms with E-state index in [0.717, 1.165) is 17.1 Å². The number of benzene rings is 1. The van der Waals surface area contributed by atoms with Crippen LogP contribution in [0.3, 0.4) is 0 Å². The maximum Gasteiger partial charge on any atom is 0.137 e. The summed E-state index contributed by atoms with van der Waals surface area (Å²) in [6.45, 7) is 0. The van der Waals surface area contributed by atoms with Crippen LogP contribution in [0.1, 0.15) is 5.56 Å². The van der Waals surface area contributed by atoms with E-state index in [-0.39, 0.29) is 0 Å². The van der Waals surface area contributed by atoms with Crippen molar-refractivity contribution in [1.29, 1.82) is 0 Å². The number of thioether (sulfide) groups is 1. The van der Waals surface area contributed by atoms with Crippen molar-refractivity contribution in [3.05, 3.63) is 60.6 Å². The zero-order valence-corrected chi connectivity index (χ0v) is 11.4. The van der Waals surface area contributed by atoms with Crippen molar-refractivity contribution < 1.29 is 4.74 Å². The summed E-state index contributed by atoms with van der Waals surface area (Å²) in [7, 11) is 1.68. The minimum atomic E-state index is 0.896. The van der Waals surface area contributed by atoms with E-state index < -0.39 is 0 Å². The van der Waals surface area contributed by atoms with E-state index in [0.29, 0.717) is 0 Å². The number of pyridine rings is 1. The minimum Gasteiger partial charge on any atom is -0.497 e. The van der Waals surface area contributed by atoms with Gasteiger partial charge >= 0.3 is 0 Å². The Balaban J connectivity index is 1.70. The second-order valence-electron chi connectivity index (χ2n) is 4.19. The van der Waals surface area contributed by atoms with Crippen LogP contribution in [0.15, 0.2) is 59.9 Å². The van der Waals surface area contributed by atoms with Crippen molar-refractivity contribution in [3.8, 4) is 5.75 Å². The molecule has 0 saturated carbocycles. The molecule has 2 heterocycles. The fourth-order valence-corrected chi connectivity index (χ4v) is 2.74. The summed E-state index contributed by atoms with van der Waals surface area (Å²) in [5, 5.41) is 0. The molecule has 0 fully saturated rings. The molecule has 0 radical (unpaired) electrons. The SMILES string of the molecule is COc1ccc(CSc2ccn3ccnc3c2)cc1.